The molecule has 0 saturated carbocycles. The van der Waals surface area contributed by atoms with Crippen LogP contribution in [-0.4, -0.2) is 14.6 Å². The van der Waals surface area contributed by atoms with Crippen molar-refractivity contribution in [2.24, 2.45) is 0 Å². The largest absolute Gasteiger partial charge is 0.282 e. The summed E-state index contributed by atoms with van der Waals surface area (Å²) >= 11 is 3.44. The van der Waals surface area contributed by atoms with Crippen molar-refractivity contribution in [1.82, 2.24) is 14.6 Å². The summed E-state index contributed by atoms with van der Waals surface area (Å²) in [5.41, 5.74) is 4.49. The Morgan fingerprint density at radius 3 is 2.61 bits per heavy atom. The summed E-state index contributed by atoms with van der Waals surface area (Å²) in [6, 6.07) is 10.3. The van der Waals surface area contributed by atoms with Gasteiger partial charge in [-0.1, -0.05) is 28.1 Å². The van der Waals surface area contributed by atoms with Crippen LogP contribution in [0.2, 0.25) is 0 Å². The molecule has 1 aromatic carbocycles. The maximum atomic E-state index is 4.27. The quantitative estimate of drug-likeness (QED) is 0.685. The van der Waals surface area contributed by atoms with Crippen molar-refractivity contribution in [3.05, 3.63) is 52.1 Å². The third kappa shape index (κ3) is 1.82. The van der Waals surface area contributed by atoms with Gasteiger partial charge in [-0.2, -0.15) is 0 Å². The Balaban J connectivity index is 2.22. The van der Waals surface area contributed by atoms with Crippen LogP contribution in [0, 0.1) is 13.8 Å². The van der Waals surface area contributed by atoms with Crippen molar-refractivity contribution in [3.63, 3.8) is 0 Å². The van der Waals surface area contributed by atoms with Crippen LogP contribution in [0.4, 0.5) is 0 Å². The fourth-order valence-electron chi connectivity index (χ4n) is 1.94. The van der Waals surface area contributed by atoms with E-state index in [2.05, 4.69) is 58.2 Å². The zero-order chi connectivity index (χ0) is 12.7. The fourth-order valence-corrected chi connectivity index (χ4v) is 2.27. The standard InChI is InChI=1S/C14H12BrN3/c1-9-3-4-11(7-10(9)2)14-17-16-13-8-12(15)5-6-18(13)14/h3-8H,1-2H3. The van der Waals surface area contributed by atoms with Gasteiger partial charge in [0.05, 0.1) is 0 Å². The minimum atomic E-state index is 0.845. The molecule has 0 atom stereocenters. The van der Waals surface area contributed by atoms with Gasteiger partial charge in [0.1, 0.15) is 0 Å². The summed E-state index contributed by atoms with van der Waals surface area (Å²) in [7, 11) is 0. The Kier molecular flexibility index (Phi) is 2.67. The summed E-state index contributed by atoms with van der Waals surface area (Å²) in [4.78, 5) is 0. The van der Waals surface area contributed by atoms with Crippen molar-refractivity contribution in [2.45, 2.75) is 13.8 Å². The topological polar surface area (TPSA) is 30.2 Å². The number of pyridine rings is 1. The highest BCUT2D eigenvalue weighted by Crippen LogP contribution is 2.22. The lowest BCUT2D eigenvalue weighted by Crippen LogP contribution is -1.90. The van der Waals surface area contributed by atoms with Crippen LogP contribution in [0.25, 0.3) is 17.0 Å². The van der Waals surface area contributed by atoms with Gasteiger partial charge >= 0.3 is 0 Å². The van der Waals surface area contributed by atoms with E-state index in [9.17, 15) is 0 Å². The SMILES string of the molecule is Cc1ccc(-c2nnc3cc(Br)ccn23)cc1C. The third-order valence-corrected chi connectivity index (χ3v) is 3.63. The molecule has 0 bridgehead atoms. The zero-order valence-corrected chi connectivity index (χ0v) is 11.8. The lowest BCUT2D eigenvalue weighted by atomic mass is 10.1. The summed E-state index contributed by atoms with van der Waals surface area (Å²) in [5.74, 6) is 0.876. The molecule has 0 saturated heterocycles. The highest BCUT2D eigenvalue weighted by molar-refractivity contribution is 9.10. The first kappa shape index (κ1) is 11.4. The van der Waals surface area contributed by atoms with Crippen LogP contribution in [0.15, 0.2) is 41.0 Å². The molecule has 0 N–H and O–H groups in total. The number of aryl methyl sites for hydroxylation is 2. The molecule has 18 heavy (non-hydrogen) atoms. The van der Waals surface area contributed by atoms with Crippen LogP contribution in [0.5, 0.6) is 0 Å². The Hall–Kier alpha value is -1.68. The molecular formula is C14H12BrN3. The molecule has 3 nitrogen and oxygen atoms in total. The van der Waals surface area contributed by atoms with E-state index in [-0.39, 0.29) is 0 Å². The number of hydrogen-bond donors (Lipinski definition) is 0. The number of hydrogen-bond acceptors (Lipinski definition) is 2. The molecule has 3 aromatic rings. The average molecular weight is 302 g/mol. The van der Waals surface area contributed by atoms with Crippen LogP contribution in [0.1, 0.15) is 11.1 Å². The summed E-state index contributed by atoms with van der Waals surface area (Å²) in [6.45, 7) is 4.22. The second kappa shape index (κ2) is 4.21. The van der Waals surface area contributed by atoms with Gasteiger partial charge in [-0.15, -0.1) is 10.2 Å². The number of nitrogens with zero attached hydrogens (tertiary/aromatic N) is 3. The predicted molar refractivity (Wildman–Crippen MR) is 75.6 cm³/mol. The van der Waals surface area contributed by atoms with Gasteiger partial charge in [-0.05, 0) is 43.2 Å². The van der Waals surface area contributed by atoms with Crippen LogP contribution in [0.3, 0.4) is 0 Å². The summed E-state index contributed by atoms with van der Waals surface area (Å²) < 4.78 is 3.00. The molecule has 0 radical (unpaired) electrons. The van der Waals surface area contributed by atoms with E-state index < -0.39 is 0 Å². The van der Waals surface area contributed by atoms with Crippen LogP contribution in [-0.2, 0) is 0 Å². The third-order valence-electron chi connectivity index (χ3n) is 3.14. The first-order chi connectivity index (χ1) is 8.65. The number of benzene rings is 1. The second-order valence-electron chi connectivity index (χ2n) is 4.40. The molecule has 0 unspecified atom stereocenters. The molecule has 90 valence electrons. The number of fused-ring (bicyclic) bond motifs is 1. The first-order valence-corrected chi connectivity index (χ1v) is 6.52. The fraction of sp³-hybridized carbons (Fsp3) is 0.143. The van der Waals surface area contributed by atoms with Gasteiger partial charge in [0.2, 0.25) is 0 Å². The van der Waals surface area contributed by atoms with Crippen molar-refractivity contribution < 1.29 is 0 Å². The lowest BCUT2D eigenvalue weighted by Gasteiger charge is -2.04. The molecular weight excluding hydrogens is 290 g/mol. The summed E-state index contributed by atoms with van der Waals surface area (Å²) in [6.07, 6.45) is 1.98. The molecule has 4 heteroatoms. The van der Waals surface area contributed by atoms with E-state index in [1.54, 1.807) is 0 Å². The monoisotopic (exact) mass is 301 g/mol. The van der Waals surface area contributed by atoms with Gasteiger partial charge in [0.25, 0.3) is 0 Å². The maximum Gasteiger partial charge on any atom is 0.168 e. The van der Waals surface area contributed by atoms with Crippen molar-refractivity contribution in [1.29, 1.82) is 0 Å². The van der Waals surface area contributed by atoms with Gasteiger partial charge < -0.3 is 0 Å². The maximum absolute atomic E-state index is 4.27. The van der Waals surface area contributed by atoms with E-state index in [1.165, 1.54) is 11.1 Å². The highest BCUT2D eigenvalue weighted by Gasteiger charge is 2.08. The molecule has 0 spiro atoms. The smallest absolute Gasteiger partial charge is 0.168 e. The van der Waals surface area contributed by atoms with Gasteiger partial charge in [0.15, 0.2) is 11.5 Å². The van der Waals surface area contributed by atoms with Crippen LogP contribution >= 0.6 is 15.9 Å². The Labute approximate surface area is 114 Å². The molecule has 0 aliphatic carbocycles. The number of rotatable bonds is 1. The Morgan fingerprint density at radius 2 is 1.83 bits per heavy atom. The molecule has 2 aromatic heterocycles. The van der Waals surface area contributed by atoms with E-state index in [0.717, 1.165) is 21.5 Å². The minimum Gasteiger partial charge on any atom is -0.282 e. The first-order valence-electron chi connectivity index (χ1n) is 5.73. The molecule has 3 rings (SSSR count). The molecule has 0 fully saturated rings. The number of halogens is 1. The molecule has 0 aliphatic heterocycles. The van der Waals surface area contributed by atoms with Gasteiger partial charge in [-0.25, -0.2) is 0 Å². The van der Waals surface area contributed by atoms with Crippen molar-refractivity contribution in [3.8, 4) is 11.4 Å². The van der Waals surface area contributed by atoms with Crippen molar-refractivity contribution >= 4 is 21.6 Å². The lowest BCUT2D eigenvalue weighted by molar-refractivity contribution is 1.11. The predicted octanol–water partition coefficient (Wildman–Crippen LogP) is 3.78. The summed E-state index contributed by atoms with van der Waals surface area (Å²) in [5, 5.41) is 8.46. The normalized spacial score (nSPS) is 11.1. The van der Waals surface area contributed by atoms with Gasteiger partial charge in [-0.3, -0.25) is 4.40 Å². The Bertz CT molecular complexity index is 731. The zero-order valence-electron chi connectivity index (χ0n) is 10.2. The van der Waals surface area contributed by atoms with Gasteiger partial charge in [0, 0.05) is 16.2 Å². The molecule has 0 aliphatic rings. The van der Waals surface area contributed by atoms with Crippen LogP contribution < -0.4 is 0 Å². The highest BCUT2D eigenvalue weighted by atomic mass is 79.9. The number of aromatic nitrogens is 3. The van der Waals surface area contributed by atoms with E-state index >= 15 is 0 Å². The van der Waals surface area contributed by atoms with E-state index in [4.69, 9.17) is 0 Å². The molecule has 2 heterocycles. The van der Waals surface area contributed by atoms with E-state index in [1.807, 2.05) is 22.7 Å². The van der Waals surface area contributed by atoms with E-state index in [0.29, 0.717) is 0 Å². The average Bonchev–Trinajstić information content (AvgIpc) is 2.75. The Morgan fingerprint density at radius 1 is 1.00 bits per heavy atom. The molecule has 0 amide bonds. The second-order valence-corrected chi connectivity index (χ2v) is 5.31. The minimum absolute atomic E-state index is 0.845. The van der Waals surface area contributed by atoms with Crippen molar-refractivity contribution in [2.75, 3.05) is 0 Å².